The van der Waals surface area contributed by atoms with Crippen molar-refractivity contribution >= 4 is 23.5 Å². The number of piperidine rings is 1. The molecule has 0 spiro atoms. The number of rotatable bonds is 3. The van der Waals surface area contributed by atoms with Crippen LogP contribution in [-0.2, 0) is 9.59 Å². The molecule has 0 radical (unpaired) electrons. The number of likely N-dealkylation sites (tertiary alicyclic amines) is 1. The molecule has 2 atom stereocenters. The molecule has 2 fully saturated rings. The van der Waals surface area contributed by atoms with Gasteiger partial charge in [0.15, 0.2) is 0 Å². The number of hydrogen-bond donors (Lipinski definition) is 1. The van der Waals surface area contributed by atoms with Crippen molar-refractivity contribution in [1.29, 1.82) is 0 Å². The predicted molar refractivity (Wildman–Crippen MR) is 88.9 cm³/mol. The zero-order valence-corrected chi connectivity index (χ0v) is 13.8. The summed E-state index contributed by atoms with van der Waals surface area (Å²) < 4.78 is 0. The molecule has 2 heterocycles. The Morgan fingerprint density at radius 3 is 2.67 bits per heavy atom. The van der Waals surface area contributed by atoms with Gasteiger partial charge in [0.1, 0.15) is 0 Å². The first-order valence-corrected chi connectivity index (χ1v) is 8.43. The molecule has 1 aromatic rings. The molecule has 2 aliphatic rings. The smallest absolute Gasteiger partial charge is 0.308 e. The minimum absolute atomic E-state index is 0.0804. The number of amides is 2. The van der Waals surface area contributed by atoms with Crippen LogP contribution in [0.3, 0.4) is 0 Å². The van der Waals surface area contributed by atoms with Crippen LogP contribution < -0.4 is 4.90 Å². The minimum atomic E-state index is -0.851. The Balaban J connectivity index is 1.82. The predicted octanol–water partition coefficient (Wildman–Crippen LogP) is 2.14. The maximum atomic E-state index is 12.9. The molecule has 1 N–H and O–H groups in total. The SMILES string of the molecule is C[C@@H]1[C@H](C(=O)O)CCCN1C(=O)c1cccc(N2CCCC2=O)c1. The fraction of sp³-hybridized carbons (Fsp3) is 0.500. The van der Waals surface area contributed by atoms with Gasteiger partial charge in [-0.1, -0.05) is 6.07 Å². The summed E-state index contributed by atoms with van der Waals surface area (Å²) in [6.45, 7) is 3.04. The zero-order valence-electron chi connectivity index (χ0n) is 13.8. The van der Waals surface area contributed by atoms with E-state index in [2.05, 4.69) is 0 Å². The highest BCUT2D eigenvalue weighted by molar-refractivity contribution is 5.99. The van der Waals surface area contributed by atoms with Crippen molar-refractivity contribution in [3.05, 3.63) is 29.8 Å². The molecule has 0 aromatic heterocycles. The van der Waals surface area contributed by atoms with E-state index < -0.39 is 11.9 Å². The minimum Gasteiger partial charge on any atom is -0.481 e. The van der Waals surface area contributed by atoms with Gasteiger partial charge in [0.05, 0.1) is 5.92 Å². The van der Waals surface area contributed by atoms with Crippen molar-refractivity contribution < 1.29 is 19.5 Å². The van der Waals surface area contributed by atoms with E-state index in [0.29, 0.717) is 37.9 Å². The Hall–Kier alpha value is -2.37. The number of hydrogen-bond acceptors (Lipinski definition) is 3. The van der Waals surface area contributed by atoms with Gasteiger partial charge in [-0.25, -0.2) is 0 Å². The van der Waals surface area contributed by atoms with Crippen LogP contribution in [0.1, 0.15) is 43.0 Å². The summed E-state index contributed by atoms with van der Waals surface area (Å²) in [5.74, 6) is -1.46. The van der Waals surface area contributed by atoms with Crippen LogP contribution in [0.15, 0.2) is 24.3 Å². The Morgan fingerprint density at radius 1 is 1.21 bits per heavy atom. The molecule has 1 aromatic carbocycles. The monoisotopic (exact) mass is 330 g/mol. The van der Waals surface area contributed by atoms with Gasteiger partial charge in [0.2, 0.25) is 5.91 Å². The molecule has 24 heavy (non-hydrogen) atoms. The van der Waals surface area contributed by atoms with Gasteiger partial charge in [0.25, 0.3) is 5.91 Å². The molecule has 2 aliphatic heterocycles. The third-order valence-corrected chi connectivity index (χ3v) is 5.04. The van der Waals surface area contributed by atoms with E-state index in [4.69, 9.17) is 0 Å². The van der Waals surface area contributed by atoms with E-state index in [0.717, 1.165) is 12.1 Å². The second-order valence-electron chi connectivity index (χ2n) is 6.53. The van der Waals surface area contributed by atoms with E-state index in [1.54, 1.807) is 34.9 Å². The van der Waals surface area contributed by atoms with Crippen LogP contribution in [-0.4, -0.2) is 46.9 Å². The fourth-order valence-corrected chi connectivity index (χ4v) is 3.65. The van der Waals surface area contributed by atoms with E-state index in [9.17, 15) is 19.5 Å². The number of carboxylic acids is 1. The van der Waals surface area contributed by atoms with Crippen molar-refractivity contribution in [3.63, 3.8) is 0 Å². The summed E-state index contributed by atoms with van der Waals surface area (Å²) in [7, 11) is 0. The van der Waals surface area contributed by atoms with Crippen LogP contribution in [0.25, 0.3) is 0 Å². The van der Waals surface area contributed by atoms with Crippen molar-refractivity contribution in [2.45, 2.75) is 38.6 Å². The van der Waals surface area contributed by atoms with E-state index >= 15 is 0 Å². The van der Waals surface area contributed by atoms with Crippen LogP contribution in [0, 0.1) is 5.92 Å². The number of benzene rings is 1. The highest BCUT2D eigenvalue weighted by atomic mass is 16.4. The van der Waals surface area contributed by atoms with E-state index in [-0.39, 0.29) is 17.9 Å². The molecule has 0 bridgehead atoms. The third kappa shape index (κ3) is 3.00. The first-order valence-electron chi connectivity index (χ1n) is 8.43. The number of carbonyl (C=O) groups excluding carboxylic acids is 2. The standard InChI is InChI=1S/C18H22N2O4/c1-12-15(18(23)24)7-3-9-19(12)17(22)13-5-2-6-14(11-13)20-10-4-8-16(20)21/h2,5-6,11-12,15H,3-4,7-10H2,1H3,(H,23,24)/t12-,15-/m1/s1. The van der Waals surface area contributed by atoms with E-state index in [1.807, 2.05) is 6.07 Å². The Morgan fingerprint density at radius 2 is 2.00 bits per heavy atom. The maximum absolute atomic E-state index is 12.9. The number of anilines is 1. The molecular weight excluding hydrogens is 308 g/mol. The molecule has 2 amide bonds. The third-order valence-electron chi connectivity index (χ3n) is 5.04. The molecule has 0 saturated carbocycles. The Kier molecular flexibility index (Phi) is 4.55. The topological polar surface area (TPSA) is 77.9 Å². The molecule has 6 heteroatoms. The lowest BCUT2D eigenvalue weighted by Gasteiger charge is -2.37. The normalized spacial score (nSPS) is 24.3. The van der Waals surface area contributed by atoms with Crippen LogP contribution in [0.4, 0.5) is 5.69 Å². The highest BCUT2D eigenvalue weighted by Gasteiger charge is 2.35. The number of aliphatic carboxylic acids is 1. The summed E-state index contributed by atoms with van der Waals surface area (Å²) in [6.07, 6.45) is 2.67. The number of carbonyl (C=O) groups is 3. The Bertz CT molecular complexity index is 673. The summed E-state index contributed by atoms with van der Waals surface area (Å²) in [5, 5.41) is 9.31. The highest BCUT2D eigenvalue weighted by Crippen LogP contribution is 2.27. The van der Waals surface area contributed by atoms with Crippen molar-refractivity contribution in [1.82, 2.24) is 4.90 Å². The first kappa shape index (κ1) is 16.5. The second kappa shape index (κ2) is 6.63. The summed E-state index contributed by atoms with van der Waals surface area (Å²) in [4.78, 5) is 39.5. The largest absolute Gasteiger partial charge is 0.481 e. The van der Waals surface area contributed by atoms with Crippen molar-refractivity contribution in [2.24, 2.45) is 5.92 Å². The van der Waals surface area contributed by atoms with Gasteiger partial charge < -0.3 is 14.9 Å². The molecule has 6 nitrogen and oxygen atoms in total. The Labute approximate surface area is 141 Å². The maximum Gasteiger partial charge on any atom is 0.308 e. The van der Waals surface area contributed by atoms with E-state index in [1.165, 1.54) is 0 Å². The molecule has 3 rings (SSSR count). The van der Waals surface area contributed by atoms with Crippen molar-refractivity contribution in [3.8, 4) is 0 Å². The molecule has 0 aliphatic carbocycles. The van der Waals surface area contributed by atoms with Crippen LogP contribution in [0.5, 0.6) is 0 Å². The van der Waals surface area contributed by atoms with Gasteiger partial charge in [-0.2, -0.15) is 0 Å². The van der Waals surface area contributed by atoms with Gasteiger partial charge in [0, 0.05) is 36.8 Å². The van der Waals surface area contributed by atoms with Crippen molar-refractivity contribution in [2.75, 3.05) is 18.0 Å². The molecular formula is C18H22N2O4. The number of nitrogens with zero attached hydrogens (tertiary/aromatic N) is 2. The summed E-state index contributed by atoms with van der Waals surface area (Å²) in [5.41, 5.74) is 1.24. The molecule has 0 unspecified atom stereocenters. The lowest BCUT2D eigenvalue weighted by molar-refractivity contribution is -0.145. The summed E-state index contributed by atoms with van der Waals surface area (Å²) >= 11 is 0. The molecule has 128 valence electrons. The van der Waals surface area contributed by atoms with Crippen LogP contribution in [0.2, 0.25) is 0 Å². The lowest BCUT2D eigenvalue weighted by atomic mass is 9.90. The van der Waals surface area contributed by atoms with Gasteiger partial charge >= 0.3 is 5.97 Å². The average Bonchev–Trinajstić information content (AvgIpc) is 3.00. The van der Waals surface area contributed by atoms with Crippen LogP contribution >= 0.6 is 0 Å². The second-order valence-corrected chi connectivity index (χ2v) is 6.53. The zero-order chi connectivity index (χ0) is 17.3. The van der Waals surface area contributed by atoms with Gasteiger partial charge in [-0.15, -0.1) is 0 Å². The number of carboxylic acid groups (broad SMARTS) is 1. The lowest BCUT2D eigenvalue weighted by Crippen LogP contribution is -2.49. The molecule has 2 saturated heterocycles. The fourth-order valence-electron chi connectivity index (χ4n) is 3.65. The summed E-state index contributed by atoms with van der Waals surface area (Å²) in [6, 6.07) is 6.74. The van der Waals surface area contributed by atoms with Gasteiger partial charge in [-0.05, 0) is 44.4 Å². The quantitative estimate of drug-likeness (QED) is 0.921. The first-order chi connectivity index (χ1) is 11.5. The average molecular weight is 330 g/mol. The van der Waals surface area contributed by atoms with Gasteiger partial charge in [-0.3, -0.25) is 14.4 Å².